The number of carbonyl (C=O) groups excluding carboxylic acids is 1. The maximum atomic E-state index is 11.5. The Hall–Kier alpha value is -1.00. The molecule has 1 atom stereocenters. The third kappa shape index (κ3) is 6.44. The van der Waals surface area contributed by atoms with E-state index < -0.39 is 0 Å². The van der Waals surface area contributed by atoms with E-state index in [9.17, 15) is 4.79 Å². The number of thioether (sulfide) groups is 1. The number of carbonyl (C=O) groups is 1. The molecule has 0 fully saturated rings. The Morgan fingerprint density at radius 1 is 1.30 bits per heavy atom. The van der Waals surface area contributed by atoms with Crippen LogP contribution in [0.25, 0.3) is 0 Å². The van der Waals surface area contributed by atoms with E-state index in [0.29, 0.717) is 18.4 Å². The first-order valence-electron chi connectivity index (χ1n) is 7.29. The highest BCUT2D eigenvalue weighted by Crippen LogP contribution is 2.21. The molecular weight excluding hydrogens is 270 g/mol. The maximum absolute atomic E-state index is 11.5. The summed E-state index contributed by atoms with van der Waals surface area (Å²) in [6.45, 7) is 7.83. The average Bonchev–Trinajstić information content (AvgIpc) is 2.46. The first-order valence-corrected chi connectivity index (χ1v) is 8.27. The quantitative estimate of drug-likeness (QED) is 0.427. The Labute approximate surface area is 126 Å². The lowest BCUT2D eigenvalue weighted by Gasteiger charge is -2.13. The fourth-order valence-corrected chi connectivity index (χ4v) is 2.49. The molecule has 0 amide bonds. The summed E-state index contributed by atoms with van der Waals surface area (Å²) >= 11 is 1.53. The Morgan fingerprint density at radius 3 is 2.60 bits per heavy atom. The average molecular weight is 295 g/mol. The van der Waals surface area contributed by atoms with Gasteiger partial charge in [-0.15, -0.1) is 11.8 Å². The molecule has 0 radical (unpaired) electrons. The lowest BCUT2D eigenvalue weighted by molar-refractivity contribution is -0.140. The van der Waals surface area contributed by atoms with E-state index in [-0.39, 0.29) is 5.97 Å². The van der Waals surface area contributed by atoms with E-state index >= 15 is 0 Å². The Kier molecular flexibility index (Phi) is 8.38. The van der Waals surface area contributed by atoms with Crippen molar-refractivity contribution >= 4 is 17.7 Å². The van der Waals surface area contributed by atoms with Gasteiger partial charge in [0.1, 0.15) is 0 Å². The number of rotatable bonds is 9. The van der Waals surface area contributed by atoms with Crippen LogP contribution < -0.4 is 5.32 Å². The van der Waals surface area contributed by atoms with Crippen LogP contribution in [0.5, 0.6) is 0 Å². The molecule has 0 saturated heterocycles. The Bertz CT molecular complexity index is 392. The molecule has 0 aliphatic carbocycles. The summed E-state index contributed by atoms with van der Waals surface area (Å²) in [4.78, 5) is 12.6. The number of unbranched alkanes of at least 4 members (excludes halogenated alkanes) is 1. The zero-order valence-electron chi connectivity index (χ0n) is 12.6. The van der Waals surface area contributed by atoms with E-state index in [1.54, 1.807) is 0 Å². The highest BCUT2D eigenvalue weighted by atomic mass is 32.2. The standard InChI is InChI=1S/C16H25NO2S/c1-4-6-11-19-16(18)12-20-15-9-7-14(8-10-15)13(3)17-5-2/h7-10,13,17H,4-6,11-12H2,1-3H3. The van der Waals surface area contributed by atoms with Gasteiger partial charge in [0.05, 0.1) is 12.4 Å². The largest absolute Gasteiger partial charge is 0.465 e. The van der Waals surface area contributed by atoms with Crippen molar-refractivity contribution in [2.75, 3.05) is 18.9 Å². The zero-order chi connectivity index (χ0) is 14.8. The van der Waals surface area contributed by atoms with Gasteiger partial charge in [0, 0.05) is 10.9 Å². The molecule has 0 saturated carbocycles. The van der Waals surface area contributed by atoms with Gasteiger partial charge in [-0.05, 0) is 37.6 Å². The van der Waals surface area contributed by atoms with Crippen molar-refractivity contribution in [2.45, 2.75) is 44.6 Å². The molecule has 1 unspecified atom stereocenters. The van der Waals surface area contributed by atoms with Gasteiger partial charge in [0.15, 0.2) is 0 Å². The molecular formula is C16H25NO2S. The molecule has 1 aromatic rings. The number of esters is 1. The fraction of sp³-hybridized carbons (Fsp3) is 0.562. The predicted octanol–water partition coefficient (Wildman–Crippen LogP) is 3.79. The number of hydrogen-bond donors (Lipinski definition) is 1. The van der Waals surface area contributed by atoms with Crippen LogP contribution in [0.4, 0.5) is 0 Å². The third-order valence-electron chi connectivity index (χ3n) is 3.01. The molecule has 0 aliphatic rings. The minimum absolute atomic E-state index is 0.131. The van der Waals surface area contributed by atoms with Crippen LogP contribution in [-0.2, 0) is 9.53 Å². The molecule has 0 spiro atoms. The molecule has 0 bridgehead atoms. The SMILES string of the molecule is CCCCOC(=O)CSc1ccc(C(C)NCC)cc1. The fourth-order valence-electron chi connectivity index (χ4n) is 1.79. The van der Waals surface area contributed by atoms with Gasteiger partial charge in [-0.3, -0.25) is 4.79 Å². The molecule has 1 rings (SSSR count). The minimum atomic E-state index is -0.131. The van der Waals surface area contributed by atoms with Crippen LogP contribution in [0.15, 0.2) is 29.2 Å². The molecule has 4 heteroatoms. The topological polar surface area (TPSA) is 38.3 Å². The van der Waals surface area contributed by atoms with Crippen LogP contribution in [0.3, 0.4) is 0 Å². The van der Waals surface area contributed by atoms with Crippen molar-refractivity contribution < 1.29 is 9.53 Å². The van der Waals surface area contributed by atoms with E-state index in [1.807, 2.05) is 0 Å². The predicted molar refractivity (Wildman–Crippen MR) is 85.1 cm³/mol. The van der Waals surface area contributed by atoms with Gasteiger partial charge in [0.25, 0.3) is 0 Å². The Balaban J connectivity index is 2.36. The lowest BCUT2D eigenvalue weighted by Crippen LogP contribution is -2.17. The second-order valence-corrected chi connectivity index (χ2v) is 5.76. The van der Waals surface area contributed by atoms with E-state index in [4.69, 9.17) is 4.74 Å². The van der Waals surface area contributed by atoms with Crippen molar-refractivity contribution in [1.82, 2.24) is 5.32 Å². The summed E-state index contributed by atoms with van der Waals surface area (Å²) in [6, 6.07) is 8.70. The van der Waals surface area contributed by atoms with E-state index in [2.05, 4.69) is 50.4 Å². The van der Waals surface area contributed by atoms with E-state index in [1.165, 1.54) is 17.3 Å². The molecule has 0 aliphatic heterocycles. The maximum Gasteiger partial charge on any atom is 0.316 e. The molecule has 1 N–H and O–H groups in total. The zero-order valence-corrected chi connectivity index (χ0v) is 13.5. The van der Waals surface area contributed by atoms with Crippen LogP contribution in [0.1, 0.15) is 45.2 Å². The summed E-state index contributed by atoms with van der Waals surface area (Å²) in [7, 11) is 0. The second-order valence-electron chi connectivity index (χ2n) is 4.71. The Morgan fingerprint density at radius 2 is 2.00 bits per heavy atom. The van der Waals surface area contributed by atoms with Gasteiger partial charge >= 0.3 is 5.97 Å². The summed E-state index contributed by atoms with van der Waals surface area (Å²) in [5.74, 6) is 0.250. The van der Waals surface area contributed by atoms with Crippen LogP contribution >= 0.6 is 11.8 Å². The summed E-state index contributed by atoms with van der Waals surface area (Å²) in [5, 5.41) is 3.38. The smallest absolute Gasteiger partial charge is 0.316 e. The second kappa shape index (κ2) is 9.83. The normalized spacial score (nSPS) is 12.2. The first-order chi connectivity index (χ1) is 9.67. The number of benzene rings is 1. The molecule has 1 aromatic carbocycles. The first kappa shape index (κ1) is 17.1. The molecule has 20 heavy (non-hydrogen) atoms. The van der Waals surface area contributed by atoms with Gasteiger partial charge in [-0.2, -0.15) is 0 Å². The van der Waals surface area contributed by atoms with E-state index in [0.717, 1.165) is 24.3 Å². The van der Waals surface area contributed by atoms with Crippen LogP contribution in [0.2, 0.25) is 0 Å². The highest BCUT2D eigenvalue weighted by Gasteiger charge is 2.06. The van der Waals surface area contributed by atoms with Gasteiger partial charge in [-0.1, -0.05) is 32.4 Å². The third-order valence-corrected chi connectivity index (χ3v) is 3.99. The molecule has 112 valence electrons. The molecule has 0 aromatic heterocycles. The molecule has 0 heterocycles. The van der Waals surface area contributed by atoms with Gasteiger partial charge in [-0.25, -0.2) is 0 Å². The number of hydrogen-bond acceptors (Lipinski definition) is 4. The summed E-state index contributed by atoms with van der Waals surface area (Å²) < 4.78 is 5.13. The van der Waals surface area contributed by atoms with Gasteiger partial charge < -0.3 is 10.1 Å². The monoisotopic (exact) mass is 295 g/mol. The highest BCUT2D eigenvalue weighted by molar-refractivity contribution is 8.00. The van der Waals surface area contributed by atoms with Crippen molar-refractivity contribution in [1.29, 1.82) is 0 Å². The number of ether oxygens (including phenoxy) is 1. The van der Waals surface area contributed by atoms with Crippen molar-refractivity contribution in [2.24, 2.45) is 0 Å². The molecule has 3 nitrogen and oxygen atoms in total. The van der Waals surface area contributed by atoms with Crippen molar-refractivity contribution in [3.05, 3.63) is 29.8 Å². The van der Waals surface area contributed by atoms with Gasteiger partial charge in [0.2, 0.25) is 0 Å². The number of nitrogens with one attached hydrogen (secondary N) is 1. The van der Waals surface area contributed by atoms with Crippen LogP contribution in [-0.4, -0.2) is 24.9 Å². The van der Waals surface area contributed by atoms with Crippen LogP contribution in [0, 0.1) is 0 Å². The minimum Gasteiger partial charge on any atom is -0.465 e. The van der Waals surface area contributed by atoms with Crippen molar-refractivity contribution in [3.8, 4) is 0 Å². The summed E-state index contributed by atoms with van der Waals surface area (Å²) in [6.07, 6.45) is 1.99. The lowest BCUT2D eigenvalue weighted by atomic mass is 10.1. The summed E-state index contributed by atoms with van der Waals surface area (Å²) in [5.41, 5.74) is 1.27. The van der Waals surface area contributed by atoms with Crippen molar-refractivity contribution in [3.63, 3.8) is 0 Å².